The van der Waals surface area contributed by atoms with Crippen LogP contribution in [0, 0.1) is 5.41 Å². The Hall–Kier alpha value is -1.05. The van der Waals surface area contributed by atoms with E-state index < -0.39 is 0 Å². The highest BCUT2D eigenvalue weighted by atomic mass is 127. The Labute approximate surface area is 146 Å². The van der Waals surface area contributed by atoms with E-state index in [-0.39, 0.29) is 6.10 Å². The van der Waals surface area contributed by atoms with E-state index in [0.29, 0.717) is 36.3 Å². The Balaban J connectivity index is 2.30. The zero-order chi connectivity index (χ0) is 15.6. The molecule has 7 heteroatoms. The van der Waals surface area contributed by atoms with Gasteiger partial charge in [0.1, 0.15) is 15.6 Å². The van der Waals surface area contributed by atoms with Crippen LogP contribution in [0.15, 0.2) is 30.6 Å². The van der Waals surface area contributed by atoms with E-state index in [0.717, 1.165) is 0 Å². The molecule has 21 heavy (non-hydrogen) atoms. The molecule has 0 spiro atoms. The van der Waals surface area contributed by atoms with Crippen LogP contribution in [-0.2, 0) is 0 Å². The molecule has 0 saturated carbocycles. The number of nitrogens with two attached hydrogens (primary N) is 1. The van der Waals surface area contributed by atoms with E-state index >= 15 is 0 Å². The molecule has 0 aliphatic heterocycles. The molecule has 4 nitrogen and oxygen atoms in total. The zero-order valence-corrected chi connectivity index (χ0v) is 14.7. The molecular weight excluding hydrogens is 424 g/mol. The Morgan fingerprint density at radius 2 is 1.95 bits per heavy atom. The summed E-state index contributed by atoms with van der Waals surface area (Å²) in [6.45, 7) is 1.85. The van der Waals surface area contributed by atoms with Gasteiger partial charge in [-0.25, -0.2) is 0 Å². The lowest BCUT2D eigenvalue weighted by atomic mass is 10.1. The SMILES string of the molecule is C[C@@H](Oc1ccc(N)c(C(=N)I)c1)c1c(Cl)cncc1Cl. The van der Waals surface area contributed by atoms with Gasteiger partial charge >= 0.3 is 0 Å². The molecule has 0 unspecified atom stereocenters. The summed E-state index contributed by atoms with van der Waals surface area (Å²) >= 11 is 14.1. The van der Waals surface area contributed by atoms with Crippen molar-refractivity contribution in [1.29, 1.82) is 5.41 Å². The number of halogens is 3. The van der Waals surface area contributed by atoms with E-state index in [9.17, 15) is 0 Å². The molecule has 2 rings (SSSR count). The standard InChI is InChI=1S/C14H12Cl2IN3O/c1-7(13-10(15)5-20-6-11(13)16)21-8-2-3-12(18)9(4-8)14(17)19/h2-7,19H,18H2,1H3/t7-/m1/s1. The van der Waals surface area contributed by atoms with E-state index in [1.54, 1.807) is 18.2 Å². The molecule has 1 heterocycles. The van der Waals surface area contributed by atoms with Gasteiger partial charge in [-0.15, -0.1) is 0 Å². The summed E-state index contributed by atoms with van der Waals surface area (Å²) in [5, 5.41) is 8.59. The summed E-state index contributed by atoms with van der Waals surface area (Å²) in [7, 11) is 0. The van der Waals surface area contributed by atoms with Crippen molar-refractivity contribution in [2.75, 3.05) is 5.73 Å². The third-order valence-corrected chi connectivity index (χ3v) is 4.05. The Kier molecular flexibility index (Phi) is 5.29. The molecule has 1 aromatic carbocycles. The van der Waals surface area contributed by atoms with Crippen molar-refractivity contribution in [3.8, 4) is 5.75 Å². The van der Waals surface area contributed by atoms with Crippen molar-refractivity contribution in [3.05, 3.63) is 51.8 Å². The summed E-state index contributed by atoms with van der Waals surface area (Å²) in [6, 6.07) is 5.18. The summed E-state index contributed by atoms with van der Waals surface area (Å²) in [4.78, 5) is 3.92. The first-order valence-corrected chi connectivity index (χ1v) is 7.83. The monoisotopic (exact) mass is 435 g/mol. The molecule has 0 fully saturated rings. The molecule has 0 aliphatic carbocycles. The van der Waals surface area contributed by atoms with Crippen molar-refractivity contribution in [2.24, 2.45) is 0 Å². The molecule has 0 amide bonds. The number of aromatic nitrogens is 1. The predicted octanol–water partition coefficient (Wildman–Crippen LogP) is 4.87. The van der Waals surface area contributed by atoms with Crippen LogP contribution in [0.1, 0.15) is 24.2 Å². The van der Waals surface area contributed by atoms with Gasteiger partial charge in [-0.2, -0.15) is 0 Å². The van der Waals surface area contributed by atoms with E-state index in [1.807, 2.05) is 29.5 Å². The zero-order valence-electron chi connectivity index (χ0n) is 11.0. The minimum Gasteiger partial charge on any atom is -0.486 e. The second-order valence-electron chi connectivity index (χ2n) is 4.34. The Bertz CT molecular complexity index is 674. The number of nitrogens with zero attached hydrogens (tertiary/aromatic N) is 1. The third-order valence-electron chi connectivity index (χ3n) is 2.87. The van der Waals surface area contributed by atoms with Gasteiger partial charge < -0.3 is 10.5 Å². The van der Waals surface area contributed by atoms with Crippen molar-refractivity contribution in [2.45, 2.75) is 13.0 Å². The van der Waals surface area contributed by atoms with Crippen molar-refractivity contribution < 1.29 is 4.74 Å². The summed E-state index contributed by atoms with van der Waals surface area (Å²) < 4.78 is 6.21. The normalized spacial score (nSPS) is 12.0. The quantitative estimate of drug-likeness (QED) is 0.408. The maximum absolute atomic E-state index is 7.69. The lowest BCUT2D eigenvalue weighted by Gasteiger charge is -2.18. The Morgan fingerprint density at radius 1 is 1.33 bits per heavy atom. The molecule has 3 N–H and O–H groups in total. The van der Waals surface area contributed by atoms with Gasteiger partial charge in [0.15, 0.2) is 0 Å². The lowest BCUT2D eigenvalue weighted by Crippen LogP contribution is -2.06. The van der Waals surface area contributed by atoms with Crippen LogP contribution >= 0.6 is 45.8 Å². The van der Waals surface area contributed by atoms with Crippen LogP contribution in [-0.4, -0.2) is 8.70 Å². The fourth-order valence-corrected chi connectivity index (χ4v) is 3.01. The highest BCUT2D eigenvalue weighted by molar-refractivity contribution is 14.1. The van der Waals surface area contributed by atoms with Gasteiger partial charge in [-0.3, -0.25) is 10.4 Å². The van der Waals surface area contributed by atoms with E-state index in [1.165, 1.54) is 12.4 Å². The highest BCUT2D eigenvalue weighted by Gasteiger charge is 2.16. The average Bonchev–Trinajstić information content (AvgIpc) is 2.40. The fraction of sp³-hybridized carbons (Fsp3) is 0.143. The molecule has 1 aromatic heterocycles. The predicted molar refractivity (Wildman–Crippen MR) is 95.0 cm³/mol. The van der Waals surface area contributed by atoms with Gasteiger partial charge in [-0.05, 0) is 47.7 Å². The number of nitrogen functional groups attached to an aromatic ring is 1. The number of ether oxygens (including phenoxy) is 1. The minimum atomic E-state index is -0.354. The summed E-state index contributed by atoms with van der Waals surface area (Å²) in [5.41, 5.74) is 7.67. The number of nitrogens with one attached hydrogen (secondary N) is 1. The maximum atomic E-state index is 7.69. The second kappa shape index (κ2) is 6.81. The first-order valence-electron chi connectivity index (χ1n) is 5.99. The first-order chi connectivity index (χ1) is 9.90. The van der Waals surface area contributed by atoms with Crippen LogP contribution < -0.4 is 10.5 Å². The number of benzene rings is 1. The van der Waals surface area contributed by atoms with Gasteiger partial charge in [0.2, 0.25) is 0 Å². The third kappa shape index (κ3) is 3.78. The molecule has 110 valence electrons. The molecule has 1 atom stereocenters. The average molecular weight is 436 g/mol. The maximum Gasteiger partial charge on any atom is 0.124 e. The molecule has 2 aromatic rings. The molecular formula is C14H12Cl2IN3O. The minimum absolute atomic E-state index is 0.350. The fourth-order valence-electron chi connectivity index (χ4n) is 1.87. The number of hydrogen-bond acceptors (Lipinski definition) is 4. The topological polar surface area (TPSA) is 72.0 Å². The van der Waals surface area contributed by atoms with Crippen LogP contribution in [0.25, 0.3) is 0 Å². The summed E-state index contributed by atoms with van der Waals surface area (Å²) in [6.07, 6.45) is 2.70. The van der Waals surface area contributed by atoms with E-state index in [4.69, 9.17) is 39.1 Å². The largest absolute Gasteiger partial charge is 0.486 e. The molecule has 0 saturated heterocycles. The number of pyridine rings is 1. The number of hydrogen-bond donors (Lipinski definition) is 2. The van der Waals surface area contributed by atoms with Crippen LogP contribution in [0.2, 0.25) is 10.0 Å². The smallest absolute Gasteiger partial charge is 0.124 e. The van der Waals surface area contributed by atoms with Crippen molar-refractivity contribution in [3.63, 3.8) is 0 Å². The number of rotatable bonds is 4. The van der Waals surface area contributed by atoms with Crippen molar-refractivity contribution in [1.82, 2.24) is 4.98 Å². The number of anilines is 1. The highest BCUT2D eigenvalue weighted by Crippen LogP contribution is 2.33. The van der Waals surface area contributed by atoms with Gasteiger partial charge in [0.05, 0.1) is 10.0 Å². The van der Waals surface area contributed by atoms with Gasteiger partial charge in [0, 0.05) is 29.2 Å². The van der Waals surface area contributed by atoms with Crippen LogP contribution in [0.4, 0.5) is 5.69 Å². The molecule has 0 bridgehead atoms. The van der Waals surface area contributed by atoms with Crippen molar-refractivity contribution >= 4 is 55.2 Å². The summed E-state index contributed by atoms with van der Waals surface area (Å²) in [5.74, 6) is 0.595. The van der Waals surface area contributed by atoms with E-state index in [2.05, 4.69) is 4.98 Å². The van der Waals surface area contributed by atoms with Gasteiger partial charge in [0.25, 0.3) is 0 Å². The molecule has 0 aliphatic rings. The van der Waals surface area contributed by atoms with Crippen LogP contribution in [0.5, 0.6) is 5.75 Å². The first kappa shape index (κ1) is 16.3. The van der Waals surface area contributed by atoms with Gasteiger partial charge in [-0.1, -0.05) is 23.2 Å². The second-order valence-corrected chi connectivity index (χ2v) is 6.23. The lowest BCUT2D eigenvalue weighted by molar-refractivity contribution is 0.227. The molecule has 0 radical (unpaired) electrons. The Morgan fingerprint density at radius 3 is 2.52 bits per heavy atom. The van der Waals surface area contributed by atoms with Crippen LogP contribution in [0.3, 0.4) is 0 Å².